The van der Waals surface area contributed by atoms with E-state index in [0.717, 1.165) is 19.3 Å². The zero-order chi connectivity index (χ0) is 14.7. The van der Waals surface area contributed by atoms with Gasteiger partial charge in [-0.3, -0.25) is 4.79 Å². The zero-order valence-electron chi connectivity index (χ0n) is 13.1. The highest BCUT2D eigenvalue weighted by Crippen LogP contribution is 2.46. The predicted octanol–water partition coefficient (Wildman–Crippen LogP) is 4.50. The van der Waals surface area contributed by atoms with Gasteiger partial charge in [0.1, 0.15) is 0 Å². The van der Waals surface area contributed by atoms with E-state index in [0.29, 0.717) is 17.8 Å². The average Bonchev–Trinajstić information content (AvgIpc) is 3.23. The summed E-state index contributed by atoms with van der Waals surface area (Å²) in [6, 6.07) is 9.01. The molecule has 2 rings (SSSR count). The van der Waals surface area contributed by atoms with Crippen molar-refractivity contribution in [3.63, 3.8) is 0 Å². The minimum Gasteiger partial charge on any atom is -0.469 e. The molecule has 1 saturated carbocycles. The quantitative estimate of drug-likeness (QED) is 0.714. The van der Waals surface area contributed by atoms with Crippen molar-refractivity contribution in [2.75, 3.05) is 7.11 Å². The molecule has 110 valence electrons. The molecule has 0 N–H and O–H groups in total. The molecule has 3 unspecified atom stereocenters. The molecule has 2 heteroatoms. The highest BCUT2D eigenvalue weighted by molar-refractivity contribution is 5.75. The van der Waals surface area contributed by atoms with Crippen molar-refractivity contribution < 1.29 is 9.53 Å². The summed E-state index contributed by atoms with van der Waals surface area (Å²) >= 11 is 0. The first-order chi connectivity index (χ1) is 9.56. The van der Waals surface area contributed by atoms with E-state index in [1.165, 1.54) is 18.2 Å². The van der Waals surface area contributed by atoms with E-state index in [4.69, 9.17) is 4.74 Å². The predicted molar refractivity (Wildman–Crippen MR) is 81.8 cm³/mol. The number of benzene rings is 1. The van der Waals surface area contributed by atoms with Crippen molar-refractivity contribution in [2.45, 2.75) is 51.9 Å². The third-order valence-electron chi connectivity index (χ3n) is 4.58. The summed E-state index contributed by atoms with van der Waals surface area (Å²) < 4.78 is 4.83. The van der Waals surface area contributed by atoms with Crippen LogP contribution in [0.25, 0.3) is 0 Å². The van der Waals surface area contributed by atoms with E-state index in [2.05, 4.69) is 45.0 Å². The fourth-order valence-corrected chi connectivity index (χ4v) is 3.01. The third-order valence-corrected chi connectivity index (χ3v) is 4.58. The van der Waals surface area contributed by atoms with Gasteiger partial charge in [-0.1, -0.05) is 45.0 Å². The van der Waals surface area contributed by atoms with E-state index >= 15 is 0 Å². The molecule has 0 radical (unpaired) electrons. The second-order valence-corrected chi connectivity index (χ2v) is 6.29. The molecule has 20 heavy (non-hydrogen) atoms. The Labute approximate surface area is 122 Å². The summed E-state index contributed by atoms with van der Waals surface area (Å²) in [5.74, 6) is 1.80. The summed E-state index contributed by atoms with van der Waals surface area (Å²) in [6.07, 6.45) is 3.25. The number of hydrogen-bond donors (Lipinski definition) is 0. The number of carbonyl (C=O) groups is 1. The fraction of sp³-hybridized carbons (Fsp3) is 0.611. The number of ether oxygens (including phenoxy) is 1. The Balaban J connectivity index is 1.97. The Hall–Kier alpha value is -1.31. The number of methoxy groups -OCH3 is 1. The summed E-state index contributed by atoms with van der Waals surface area (Å²) in [7, 11) is 1.49. The topological polar surface area (TPSA) is 26.3 Å². The second-order valence-electron chi connectivity index (χ2n) is 6.29. The Morgan fingerprint density at radius 2 is 1.85 bits per heavy atom. The van der Waals surface area contributed by atoms with Gasteiger partial charge < -0.3 is 4.74 Å². The maximum atomic E-state index is 11.5. The van der Waals surface area contributed by atoms with Gasteiger partial charge in [-0.25, -0.2) is 0 Å². The number of carbonyl (C=O) groups excluding carboxylic acids is 1. The molecule has 3 atom stereocenters. The lowest BCUT2D eigenvalue weighted by atomic mass is 9.89. The first-order valence-electron chi connectivity index (χ1n) is 7.74. The normalized spacial score (nSPS) is 22.6. The van der Waals surface area contributed by atoms with Gasteiger partial charge in [0.05, 0.1) is 13.0 Å². The Bertz CT molecular complexity index is 447. The van der Waals surface area contributed by atoms with Crippen molar-refractivity contribution in [3.05, 3.63) is 35.4 Å². The van der Waals surface area contributed by atoms with E-state index in [-0.39, 0.29) is 11.9 Å². The third kappa shape index (κ3) is 3.41. The summed E-state index contributed by atoms with van der Waals surface area (Å²) in [4.78, 5) is 11.5. The van der Waals surface area contributed by atoms with Gasteiger partial charge in [0.15, 0.2) is 0 Å². The van der Waals surface area contributed by atoms with Gasteiger partial charge in [-0.2, -0.15) is 0 Å². The van der Waals surface area contributed by atoms with Gasteiger partial charge in [-0.05, 0) is 48.1 Å². The summed E-state index contributed by atoms with van der Waals surface area (Å²) in [6.45, 7) is 6.67. The van der Waals surface area contributed by atoms with Gasteiger partial charge in [0.25, 0.3) is 0 Å². The lowest BCUT2D eigenvalue weighted by molar-refractivity contribution is -0.142. The molecule has 0 bridgehead atoms. The first kappa shape index (κ1) is 15.1. The van der Waals surface area contributed by atoms with Gasteiger partial charge >= 0.3 is 5.97 Å². The molecule has 0 amide bonds. The standard InChI is InChI=1S/C18H26O2/c1-5-13(10-16-11-17(16)18(19)20-4)15-8-6-14(7-9-15)12(2)3/h6-9,12-13,16-17H,5,10-11H2,1-4H3. The molecule has 0 aliphatic heterocycles. The lowest BCUT2D eigenvalue weighted by Gasteiger charge is -2.16. The molecule has 0 saturated heterocycles. The molecule has 0 aromatic heterocycles. The van der Waals surface area contributed by atoms with Crippen LogP contribution in [-0.4, -0.2) is 13.1 Å². The van der Waals surface area contributed by atoms with Crippen LogP contribution in [0.4, 0.5) is 0 Å². The fourth-order valence-electron chi connectivity index (χ4n) is 3.01. The SMILES string of the molecule is CCC(CC1CC1C(=O)OC)c1ccc(C(C)C)cc1. The molecule has 1 fully saturated rings. The van der Waals surface area contributed by atoms with Crippen molar-refractivity contribution in [2.24, 2.45) is 11.8 Å². The van der Waals surface area contributed by atoms with Crippen molar-refractivity contribution in [3.8, 4) is 0 Å². The highest BCUT2D eigenvalue weighted by Gasteiger charge is 2.44. The van der Waals surface area contributed by atoms with Crippen LogP contribution in [0.1, 0.15) is 63.0 Å². The molecule has 1 aromatic carbocycles. The minimum atomic E-state index is -0.0278. The van der Waals surface area contributed by atoms with Crippen LogP contribution in [0.5, 0.6) is 0 Å². The van der Waals surface area contributed by atoms with Gasteiger partial charge in [0, 0.05) is 0 Å². The maximum Gasteiger partial charge on any atom is 0.308 e. The van der Waals surface area contributed by atoms with E-state index in [1.807, 2.05) is 0 Å². The van der Waals surface area contributed by atoms with Crippen LogP contribution >= 0.6 is 0 Å². The second kappa shape index (κ2) is 6.43. The first-order valence-corrected chi connectivity index (χ1v) is 7.74. The van der Waals surface area contributed by atoms with E-state index in [9.17, 15) is 4.79 Å². The molecular formula is C18H26O2. The molecule has 0 spiro atoms. The number of esters is 1. The van der Waals surface area contributed by atoms with Crippen LogP contribution in [0.2, 0.25) is 0 Å². The van der Waals surface area contributed by atoms with Crippen molar-refractivity contribution in [1.29, 1.82) is 0 Å². The molecular weight excluding hydrogens is 248 g/mol. The van der Waals surface area contributed by atoms with Crippen LogP contribution in [0, 0.1) is 11.8 Å². The molecule has 1 aliphatic carbocycles. The Morgan fingerprint density at radius 3 is 2.35 bits per heavy atom. The molecule has 1 aromatic rings. The van der Waals surface area contributed by atoms with Crippen LogP contribution < -0.4 is 0 Å². The molecule has 1 aliphatic rings. The molecule has 0 heterocycles. The van der Waals surface area contributed by atoms with Crippen molar-refractivity contribution in [1.82, 2.24) is 0 Å². The smallest absolute Gasteiger partial charge is 0.308 e. The number of hydrogen-bond acceptors (Lipinski definition) is 2. The highest BCUT2D eigenvalue weighted by atomic mass is 16.5. The zero-order valence-corrected chi connectivity index (χ0v) is 13.1. The van der Waals surface area contributed by atoms with E-state index in [1.54, 1.807) is 0 Å². The molecule has 2 nitrogen and oxygen atoms in total. The summed E-state index contributed by atoms with van der Waals surface area (Å²) in [5, 5.41) is 0. The van der Waals surface area contributed by atoms with Crippen molar-refractivity contribution >= 4 is 5.97 Å². The largest absolute Gasteiger partial charge is 0.469 e. The number of rotatable bonds is 6. The lowest BCUT2D eigenvalue weighted by Crippen LogP contribution is -2.06. The van der Waals surface area contributed by atoms with Crippen LogP contribution in [0.15, 0.2) is 24.3 Å². The van der Waals surface area contributed by atoms with Gasteiger partial charge in [0.2, 0.25) is 0 Å². The monoisotopic (exact) mass is 274 g/mol. The maximum absolute atomic E-state index is 11.5. The minimum absolute atomic E-state index is 0.0278. The van der Waals surface area contributed by atoms with E-state index < -0.39 is 0 Å². The Morgan fingerprint density at radius 1 is 1.25 bits per heavy atom. The average molecular weight is 274 g/mol. The summed E-state index contributed by atoms with van der Waals surface area (Å²) in [5.41, 5.74) is 2.80. The Kier molecular flexibility index (Phi) is 4.85. The van der Waals surface area contributed by atoms with Crippen LogP contribution in [0.3, 0.4) is 0 Å². The van der Waals surface area contributed by atoms with Crippen LogP contribution in [-0.2, 0) is 9.53 Å². The van der Waals surface area contributed by atoms with Gasteiger partial charge in [-0.15, -0.1) is 0 Å².